The number of carbonyl (C=O) groups is 1. The molecular formula is C64H119NO3. The fourth-order valence-electron chi connectivity index (χ4n) is 9.45. The third-order valence-corrected chi connectivity index (χ3v) is 14.0. The molecule has 2 unspecified atom stereocenters. The summed E-state index contributed by atoms with van der Waals surface area (Å²) in [6.45, 7) is 4.27. The summed E-state index contributed by atoms with van der Waals surface area (Å²) in [7, 11) is 0. The van der Waals surface area contributed by atoms with E-state index in [0.29, 0.717) is 12.8 Å². The van der Waals surface area contributed by atoms with E-state index in [4.69, 9.17) is 0 Å². The fraction of sp³-hybridized carbons (Fsp3) is 0.828. The Labute approximate surface area is 426 Å². The van der Waals surface area contributed by atoms with Crippen LogP contribution in [-0.2, 0) is 4.79 Å². The molecule has 0 rings (SSSR count). The van der Waals surface area contributed by atoms with E-state index in [1.165, 1.54) is 238 Å². The molecular weight excluding hydrogens is 831 g/mol. The highest BCUT2D eigenvalue weighted by molar-refractivity contribution is 5.76. The van der Waals surface area contributed by atoms with Gasteiger partial charge in [0, 0.05) is 6.42 Å². The molecule has 398 valence electrons. The van der Waals surface area contributed by atoms with Gasteiger partial charge in [-0.2, -0.15) is 0 Å². The number of nitrogens with one attached hydrogen (secondary N) is 1. The summed E-state index contributed by atoms with van der Waals surface area (Å²) in [4.78, 5) is 12.5. The molecule has 0 radical (unpaired) electrons. The Morgan fingerprint density at radius 2 is 0.647 bits per heavy atom. The van der Waals surface area contributed by atoms with Gasteiger partial charge in [-0.15, -0.1) is 0 Å². The summed E-state index contributed by atoms with van der Waals surface area (Å²) in [6.07, 6.45) is 83.7. The zero-order chi connectivity index (χ0) is 49.2. The summed E-state index contributed by atoms with van der Waals surface area (Å²) in [6, 6.07) is -0.542. The molecule has 0 aromatic heterocycles. The van der Waals surface area contributed by atoms with Gasteiger partial charge < -0.3 is 15.5 Å². The van der Waals surface area contributed by atoms with Crippen molar-refractivity contribution in [2.75, 3.05) is 6.61 Å². The molecule has 0 fully saturated rings. The maximum absolute atomic E-state index is 12.5. The van der Waals surface area contributed by atoms with Crippen molar-refractivity contribution in [3.8, 4) is 0 Å². The van der Waals surface area contributed by atoms with Crippen LogP contribution in [0.2, 0.25) is 0 Å². The molecule has 0 bridgehead atoms. The van der Waals surface area contributed by atoms with Crippen LogP contribution in [-0.4, -0.2) is 34.9 Å². The topological polar surface area (TPSA) is 69.6 Å². The van der Waals surface area contributed by atoms with Gasteiger partial charge in [0.15, 0.2) is 0 Å². The molecule has 4 heteroatoms. The zero-order valence-electron chi connectivity index (χ0n) is 45.9. The number of unbranched alkanes of at least 4 members (excludes halogenated alkanes) is 39. The second kappa shape index (κ2) is 59.4. The van der Waals surface area contributed by atoms with Gasteiger partial charge >= 0.3 is 0 Å². The predicted molar refractivity (Wildman–Crippen MR) is 304 cm³/mol. The van der Waals surface area contributed by atoms with E-state index < -0.39 is 12.1 Å². The summed E-state index contributed by atoms with van der Waals surface area (Å²) >= 11 is 0. The van der Waals surface area contributed by atoms with Crippen LogP contribution >= 0.6 is 0 Å². The molecule has 0 saturated heterocycles. The Kier molecular flexibility index (Phi) is 57.7. The Morgan fingerprint density at radius 3 is 0.971 bits per heavy atom. The van der Waals surface area contributed by atoms with Crippen LogP contribution in [0.15, 0.2) is 60.8 Å². The normalized spacial score (nSPS) is 13.2. The van der Waals surface area contributed by atoms with Crippen molar-refractivity contribution >= 4 is 5.91 Å². The first-order valence-electron chi connectivity index (χ1n) is 30.5. The highest BCUT2D eigenvalue weighted by Crippen LogP contribution is 2.18. The van der Waals surface area contributed by atoms with Gasteiger partial charge in [-0.05, 0) is 57.8 Å². The smallest absolute Gasteiger partial charge is 0.220 e. The van der Waals surface area contributed by atoms with Gasteiger partial charge in [-0.1, -0.05) is 319 Å². The predicted octanol–water partition coefficient (Wildman–Crippen LogP) is 20.4. The zero-order valence-corrected chi connectivity index (χ0v) is 45.9. The van der Waals surface area contributed by atoms with E-state index >= 15 is 0 Å². The second-order valence-electron chi connectivity index (χ2n) is 20.7. The van der Waals surface area contributed by atoms with Gasteiger partial charge in [-0.3, -0.25) is 4.79 Å². The van der Waals surface area contributed by atoms with Crippen LogP contribution in [0.4, 0.5) is 0 Å². The minimum Gasteiger partial charge on any atom is -0.394 e. The number of aliphatic hydroxyl groups excluding tert-OH is 2. The number of hydrogen-bond acceptors (Lipinski definition) is 3. The lowest BCUT2D eigenvalue weighted by atomic mass is 10.0. The Balaban J connectivity index is 3.45. The molecule has 0 saturated carbocycles. The SMILES string of the molecule is CC/C=C\C/C=C\C/C=C\C/C=C\C/C=C\CCCCCCCCCCCCCC(=O)NC(CO)C(O)CCCCCCCCCCCCCCCCCCCCCCCCCCCCCCC. The van der Waals surface area contributed by atoms with Gasteiger partial charge in [0.1, 0.15) is 0 Å². The number of rotatable bonds is 56. The minimum atomic E-state index is -0.665. The maximum Gasteiger partial charge on any atom is 0.220 e. The Bertz CT molecular complexity index is 1120. The number of carbonyl (C=O) groups excluding carboxylic acids is 1. The van der Waals surface area contributed by atoms with Gasteiger partial charge in [0.2, 0.25) is 5.91 Å². The minimum absolute atomic E-state index is 0.0324. The lowest BCUT2D eigenvalue weighted by Crippen LogP contribution is -2.45. The van der Waals surface area contributed by atoms with Crippen molar-refractivity contribution in [3.63, 3.8) is 0 Å². The molecule has 0 aliphatic rings. The highest BCUT2D eigenvalue weighted by Gasteiger charge is 2.20. The van der Waals surface area contributed by atoms with Crippen LogP contribution in [0.3, 0.4) is 0 Å². The summed E-state index contributed by atoms with van der Waals surface area (Å²) in [5.41, 5.74) is 0. The average molecular weight is 951 g/mol. The summed E-state index contributed by atoms with van der Waals surface area (Å²) in [5, 5.41) is 23.4. The van der Waals surface area contributed by atoms with E-state index in [1.807, 2.05) is 0 Å². The molecule has 2 atom stereocenters. The van der Waals surface area contributed by atoms with Crippen LogP contribution in [0, 0.1) is 0 Å². The second-order valence-corrected chi connectivity index (χ2v) is 20.7. The van der Waals surface area contributed by atoms with E-state index in [2.05, 4.69) is 79.9 Å². The van der Waals surface area contributed by atoms with Crippen molar-refractivity contribution in [1.82, 2.24) is 5.32 Å². The third-order valence-electron chi connectivity index (χ3n) is 14.0. The largest absolute Gasteiger partial charge is 0.394 e. The maximum atomic E-state index is 12.5. The number of amides is 1. The Hall–Kier alpha value is -1.91. The van der Waals surface area contributed by atoms with Crippen molar-refractivity contribution in [2.24, 2.45) is 0 Å². The van der Waals surface area contributed by atoms with Crippen LogP contribution in [0.5, 0.6) is 0 Å². The monoisotopic (exact) mass is 950 g/mol. The molecule has 3 N–H and O–H groups in total. The van der Waals surface area contributed by atoms with Crippen molar-refractivity contribution in [3.05, 3.63) is 60.8 Å². The van der Waals surface area contributed by atoms with Crippen molar-refractivity contribution in [1.29, 1.82) is 0 Å². The van der Waals surface area contributed by atoms with E-state index in [1.54, 1.807) is 0 Å². The van der Waals surface area contributed by atoms with Crippen LogP contribution < -0.4 is 5.32 Å². The molecule has 4 nitrogen and oxygen atoms in total. The van der Waals surface area contributed by atoms with Gasteiger partial charge in [0.25, 0.3) is 0 Å². The number of allylic oxidation sites excluding steroid dienone is 10. The van der Waals surface area contributed by atoms with E-state index in [0.717, 1.165) is 57.8 Å². The molecule has 0 aliphatic carbocycles. The van der Waals surface area contributed by atoms with Crippen molar-refractivity contribution < 1.29 is 15.0 Å². The molecule has 0 aliphatic heterocycles. The molecule has 68 heavy (non-hydrogen) atoms. The highest BCUT2D eigenvalue weighted by atomic mass is 16.3. The van der Waals surface area contributed by atoms with Crippen molar-refractivity contribution in [2.45, 2.75) is 334 Å². The van der Waals surface area contributed by atoms with E-state index in [9.17, 15) is 15.0 Å². The molecule has 0 aromatic carbocycles. The average Bonchev–Trinajstić information content (AvgIpc) is 3.34. The first-order chi connectivity index (χ1) is 33.7. The lowest BCUT2D eigenvalue weighted by molar-refractivity contribution is -0.123. The lowest BCUT2D eigenvalue weighted by Gasteiger charge is -2.22. The molecule has 0 spiro atoms. The van der Waals surface area contributed by atoms with E-state index in [-0.39, 0.29) is 12.5 Å². The molecule has 0 heterocycles. The summed E-state index contributed by atoms with van der Waals surface area (Å²) < 4.78 is 0. The van der Waals surface area contributed by atoms with Crippen LogP contribution in [0.1, 0.15) is 322 Å². The van der Waals surface area contributed by atoms with Gasteiger partial charge in [0.05, 0.1) is 18.8 Å². The van der Waals surface area contributed by atoms with Crippen LogP contribution in [0.25, 0.3) is 0 Å². The number of hydrogen-bond donors (Lipinski definition) is 3. The fourth-order valence-corrected chi connectivity index (χ4v) is 9.45. The third kappa shape index (κ3) is 55.0. The standard InChI is InChI=1S/C64H119NO3/c1-3-5-7-9-11-13-15-17-19-21-23-25-27-29-31-32-34-35-37-39-41-43-45-47-49-51-53-55-57-59-63(67)62(61-66)65-64(68)60-58-56-54-52-50-48-46-44-42-40-38-36-33-30-28-26-24-22-20-18-16-14-12-10-8-6-4-2/h6,8,12,14,18,20,24,26,30,33,62-63,66-67H,3-5,7,9-11,13,15-17,19,21-23,25,27-29,31-32,34-61H2,1-2H3,(H,65,68)/b8-6-,14-12-,20-18-,26-24-,33-30-. The molecule has 0 aromatic rings. The first-order valence-corrected chi connectivity index (χ1v) is 30.5. The summed E-state index contributed by atoms with van der Waals surface area (Å²) in [5.74, 6) is -0.0324. The Morgan fingerprint density at radius 1 is 0.368 bits per heavy atom. The number of aliphatic hydroxyl groups is 2. The molecule has 1 amide bonds. The quantitative estimate of drug-likeness (QED) is 0.0420. The first kappa shape index (κ1) is 66.1. The van der Waals surface area contributed by atoms with Gasteiger partial charge in [-0.25, -0.2) is 0 Å².